The highest BCUT2D eigenvalue weighted by atomic mass is 16.5. The zero-order valence-electron chi connectivity index (χ0n) is 17.8. The predicted octanol–water partition coefficient (Wildman–Crippen LogP) is 1.82. The van der Waals surface area contributed by atoms with Crippen molar-refractivity contribution in [3.05, 3.63) is 42.1 Å². The number of nitrogens with one attached hydrogen (secondary N) is 3. The van der Waals surface area contributed by atoms with Crippen molar-refractivity contribution < 1.29 is 19.1 Å². The number of nitrogens with zero attached hydrogens (tertiary/aromatic N) is 3. The number of carbonyl (C=O) groups is 3. The van der Waals surface area contributed by atoms with E-state index in [1.54, 1.807) is 14.0 Å². The van der Waals surface area contributed by atoms with Crippen LogP contribution >= 0.6 is 0 Å². The summed E-state index contributed by atoms with van der Waals surface area (Å²) in [4.78, 5) is 38.7. The molecular formula is C21H28N6O4. The van der Waals surface area contributed by atoms with Crippen LogP contribution in [-0.4, -0.2) is 64.9 Å². The van der Waals surface area contributed by atoms with Crippen LogP contribution in [-0.2, 0) is 16.6 Å². The van der Waals surface area contributed by atoms with E-state index in [1.165, 1.54) is 10.9 Å². The second kappa shape index (κ2) is 10.6. The summed E-state index contributed by atoms with van der Waals surface area (Å²) < 4.78 is 6.44. The topological polar surface area (TPSA) is 118 Å². The van der Waals surface area contributed by atoms with Gasteiger partial charge in [-0.2, -0.15) is 5.10 Å². The predicted molar refractivity (Wildman–Crippen MR) is 116 cm³/mol. The number of amides is 3. The summed E-state index contributed by atoms with van der Waals surface area (Å²) in [5.41, 5.74) is 0.969. The molecule has 166 valence electrons. The van der Waals surface area contributed by atoms with Crippen LogP contribution in [0.15, 0.2) is 36.5 Å². The van der Waals surface area contributed by atoms with Gasteiger partial charge >= 0.3 is 12.0 Å². The average Bonchev–Trinajstić information content (AvgIpc) is 3.10. The van der Waals surface area contributed by atoms with Gasteiger partial charge in [-0.05, 0) is 31.9 Å². The van der Waals surface area contributed by atoms with Gasteiger partial charge in [0.05, 0.1) is 19.3 Å². The molecule has 0 unspecified atom stereocenters. The van der Waals surface area contributed by atoms with E-state index in [2.05, 4.69) is 21.0 Å². The quantitative estimate of drug-likeness (QED) is 0.579. The Hall–Kier alpha value is -3.40. The molecule has 0 atom stereocenters. The third kappa shape index (κ3) is 6.29. The molecule has 0 bridgehead atoms. The second-order valence-corrected chi connectivity index (χ2v) is 7.31. The molecule has 0 saturated carbocycles. The van der Waals surface area contributed by atoms with E-state index in [1.807, 2.05) is 35.2 Å². The van der Waals surface area contributed by atoms with Crippen molar-refractivity contribution in [2.24, 2.45) is 7.05 Å². The highest BCUT2D eigenvalue weighted by molar-refractivity contribution is 6.00. The molecule has 10 heteroatoms. The number of hydrogen-bond acceptors (Lipinski definition) is 6. The molecule has 31 heavy (non-hydrogen) atoms. The number of piperidine rings is 1. The molecule has 1 aliphatic heterocycles. The Morgan fingerprint density at radius 3 is 2.52 bits per heavy atom. The van der Waals surface area contributed by atoms with Gasteiger partial charge in [-0.1, -0.05) is 18.2 Å². The minimum absolute atomic E-state index is 0.0514. The van der Waals surface area contributed by atoms with Crippen molar-refractivity contribution >= 4 is 29.4 Å². The minimum atomic E-state index is -0.522. The molecule has 2 heterocycles. The van der Waals surface area contributed by atoms with Crippen LogP contribution in [0, 0.1) is 0 Å². The van der Waals surface area contributed by atoms with Crippen molar-refractivity contribution in [2.75, 3.05) is 36.9 Å². The van der Waals surface area contributed by atoms with E-state index in [9.17, 15) is 14.4 Å². The average molecular weight is 428 g/mol. The van der Waals surface area contributed by atoms with Gasteiger partial charge in [0.15, 0.2) is 0 Å². The van der Waals surface area contributed by atoms with Gasteiger partial charge in [0.1, 0.15) is 11.4 Å². The fraction of sp³-hybridized carbons (Fsp3) is 0.429. The SMILES string of the molecule is CCOC(=O)c1cnn(C)c1NC(=O)CN1CCC(NC(=O)Nc2ccccc2)CC1. The standard InChI is InChI=1S/C21H28N6O4/c1-3-31-20(29)17-13-22-26(2)19(17)25-18(28)14-27-11-9-16(10-12-27)24-21(30)23-15-7-5-4-6-8-15/h4-8,13,16H,3,9-12,14H2,1-2H3,(H,25,28)(H2,23,24,30). The maximum Gasteiger partial charge on any atom is 0.343 e. The molecule has 3 N–H and O–H groups in total. The lowest BCUT2D eigenvalue weighted by atomic mass is 10.1. The Morgan fingerprint density at radius 2 is 1.84 bits per heavy atom. The Kier molecular flexibility index (Phi) is 7.60. The minimum Gasteiger partial charge on any atom is -0.462 e. The number of urea groups is 1. The van der Waals surface area contributed by atoms with Crippen molar-refractivity contribution in [3.8, 4) is 0 Å². The van der Waals surface area contributed by atoms with Gasteiger partial charge < -0.3 is 20.7 Å². The van der Waals surface area contributed by atoms with Gasteiger partial charge in [0, 0.05) is 31.9 Å². The molecule has 2 aromatic rings. The summed E-state index contributed by atoms with van der Waals surface area (Å²) in [5.74, 6) is -0.438. The summed E-state index contributed by atoms with van der Waals surface area (Å²) in [6.07, 6.45) is 2.87. The molecule has 0 radical (unpaired) electrons. The first-order valence-electron chi connectivity index (χ1n) is 10.3. The van der Waals surface area contributed by atoms with Crippen LogP contribution in [0.4, 0.5) is 16.3 Å². The molecule has 10 nitrogen and oxygen atoms in total. The monoisotopic (exact) mass is 428 g/mol. The van der Waals surface area contributed by atoms with Gasteiger partial charge in [-0.15, -0.1) is 0 Å². The lowest BCUT2D eigenvalue weighted by molar-refractivity contribution is -0.117. The van der Waals surface area contributed by atoms with Gasteiger partial charge in [0.2, 0.25) is 5.91 Å². The Labute approximate surface area is 180 Å². The van der Waals surface area contributed by atoms with Crippen molar-refractivity contribution in [1.82, 2.24) is 20.0 Å². The fourth-order valence-corrected chi connectivity index (χ4v) is 3.43. The number of aromatic nitrogens is 2. The first-order valence-corrected chi connectivity index (χ1v) is 10.3. The number of esters is 1. The smallest absolute Gasteiger partial charge is 0.343 e. The summed E-state index contributed by atoms with van der Waals surface area (Å²) in [6.45, 7) is 3.51. The third-order valence-electron chi connectivity index (χ3n) is 5.01. The van der Waals surface area contributed by atoms with E-state index in [4.69, 9.17) is 4.74 Å². The van der Waals surface area contributed by atoms with Crippen LogP contribution in [0.3, 0.4) is 0 Å². The van der Waals surface area contributed by atoms with Crippen LogP contribution < -0.4 is 16.0 Å². The second-order valence-electron chi connectivity index (χ2n) is 7.31. The first-order chi connectivity index (χ1) is 15.0. The molecular weight excluding hydrogens is 400 g/mol. The highest BCUT2D eigenvalue weighted by Crippen LogP contribution is 2.16. The van der Waals surface area contributed by atoms with Crippen LogP contribution in [0.25, 0.3) is 0 Å². The normalized spacial score (nSPS) is 14.6. The molecule has 1 aromatic heterocycles. The van der Waals surface area contributed by atoms with E-state index in [-0.39, 0.29) is 36.7 Å². The van der Waals surface area contributed by atoms with Gasteiger partial charge in [-0.25, -0.2) is 9.59 Å². The fourth-order valence-electron chi connectivity index (χ4n) is 3.43. The summed E-state index contributed by atoms with van der Waals surface area (Å²) in [7, 11) is 1.65. The Morgan fingerprint density at radius 1 is 1.13 bits per heavy atom. The van der Waals surface area contributed by atoms with Crippen molar-refractivity contribution in [3.63, 3.8) is 0 Å². The van der Waals surface area contributed by atoms with Gasteiger partial charge in [0.25, 0.3) is 0 Å². The molecule has 0 spiro atoms. The van der Waals surface area contributed by atoms with E-state index >= 15 is 0 Å². The summed E-state index contributed by atoms with van der Waals surface area (Å²) >= 11 is 0. The largest absolute Gasteiger partial charge is 0.462 e. The molecule has 0 aliphatic carbocycles. The van der Waals surface area contributed by atoms with Crippen molar-refractivity contribution in [2.45, 2.75) is 25.8 Å². The number of para-hydroxylation sites is 1. The van der Waals surface area contributed by atoms with Crippen LogP contribution in [0.2, 0.25) is 0 Å². The van der Waals surface area contributed by atoms with Crippen LogP contribution in [0.5, 0.6) is 0 Å². The summed E-state index contributed by atoms with van der Waals surface area (Å²) in [6, 6.07) is 9.09. The van der Waals surface area contributed by atoms with Crippen molar-refractivity contribution in [1.29, 1.82) is 0 Å². The number of likely N-dealkylation sites (tertiary alicyclic amines) is 1. The van der Waals surface area contributed by atoms with Crippen LogP contribution in [0.1, 0.15) is 30.1 Å². The van der Waals surface area contributed by atoms with Gasteiger partial charge in [-0.3, -0.25) is 14.4 Å². The number of aryl methyl sites for hydroxylation is 1. The van der Waals surface area contributed by atoms with E-state index in [0.717, 1.165) is 18.5 Å². The molecule has 3 amide bonds. The van der Waals surface area contributed by atoms with E-state index in [0.29, 0.717) is 18.9 Å². The number of carbonyl (C=O) groups excluding carboxylic acids is 3. The maximum atomic E-state index is 12.5. The zero-order chi connectivity index (χ0) is 22.2. The summed E-state index contributed by atoms with van der Waals surface area (Å²) in [5, 5.41) is 12.6. The highest BCUT2D eigenvalue weighted by Gasteiger charge is 2.24. The third-order valence-corrected chi connectivity index (χ3v) is 5.01. The number of rotatable bonds is 7. The van der Waals surface area contributed by atoms with E-state index < -0.39 is 5.97 Å². The molecule has 3 rings (SSSR count). The lowest BCUT2D eigenvalue weighted by Crippen LogP contribution is -2.47. The molecule has 1 aliphatic rings. The number of hydrogen-bond donors (Lipinski definition) is 3. The number of benzene rings is 1. The number of ether oxygens (including phenoxy) is 1. The number of anilines is 2. The maximum absolute atomic E-state index is 12.5. The Balaban J connectivity index is 1.44. The molecule has 1 saturated heterocycles. The molecule has 1 aromatic carbocycles. The Bertz CT molecular complexity index is 906. The molecule has 1 fully saturated rings. The first kappa shape index (κ1) is 22.3. The lowest BCUT2D eigenvalue weighted by Gasteiger charge is -2.31. The zero-order valence-corrected chi connectivity index (χ0v) is 17.8.